The van der Waals surface area contributed by atoms with Gasteiger partial charge in [0.1, 0.15) is 6.04 Å². The molecule has 1 aromatic heterocycles. The Morgan fingerprint density at radius 1 is 0.976 bits per heavy atom. The van der Waals surface area contributed by atoms with Gasteiger partial charge in [-0.2, -0.15) is 0 Å². The van der Waals surface area contributed by atoms with Crippen LogP contribution in [0, 0.1) is 20.2 Å². The first-order chi connectivity index (χ1) is 19.3. The molecule has 15 heteroatoms. The van der Waals surface area contributed by atoms with E-state index in [1.807, 2.05) is 0 Å². The Morgan fingerprint density at radius 2 is 1.59 bits per heavy atom. The third-order valence-corrected chi connectivity index (χ3v) is 7.94. The first kappa shape index (κ1) is 30.8. The highest BCUT2D eigenvalue weighted by Crippen LogP contribution is 2.31. The normalized spacial score (nSPS) is 12.3. The highest BCUT2D eigenvalue weighted by molar-refractivity contribution is 7.89. The molecule has 2 N–H and O–H groups in total. The molecule has 1 atom stereocenters. The van der Waals surface area contributed by atoms with Gasteiger partial charge in [-0.15, -0.1) is 0 Å². The number of hydrogen-bond donors (Lipinski definition) is 2. The maximum absolute atomic E-state index is 13.8. The zero-order valence-electron chi connectivity index (χ0n) is 22.4. The zero-order valence-corrected chi connectivity index (χ0v) is 23.2. The number of carbonyl (C=O) groups is 2. The van der Waals surface area contributed by atoms with E-state index in [1.54, 1.807) is 26.0 Å². The lowest BCUT2D eigenvalue weighted by atomic mass is 9.76. The maximum Gasteiger partial charge on any atom is 0.270 e. The minimum atomic E-state index is -4.23. The molecule has 14 nitrogen and oxygen atoms in total. The standard InChI is InChI=1S/C26H28N6O8S/c1-26(2,19-11-13-28-14-12-19)23(24(33)27-3)30(25(34)18-7-9-20(10-8-18)31(35)36)16-15-29-41(39,40)22-6-4-5-21(17-22)32(37)38/h4-14,17,23,29H,15-16H2,1-3H3,(H,27,33). The smallest absolute Gasteiger partial charge is 0.270 e. The quantitative estimate of drug-likeness (QED) is 0.237. The summed E-state index contributed by atoms with van der Waals surface area (Å²) in [5, 5.41) is 24.8. The predicted molar refractivity (Wildman–Crippen MR) is 148 cm³/mol. The number of nitrogens with one attached hydrogen (secondary N) is 2. The van der Waals surface area contributed by atoms with E-state index in [2.05, 4.69) is 15.0 Å². The molecule has 0 aliphatic heterocycles. The van der Waals surface area contributed by atoms with Gasteiger partial charge in [-0.05, 0) is 35.9 Å². The molecule has 0 radical (unpaired) electrons. The van der Waals surface area contributed by atoms with Crippen molar-refractivity contribution in [1.29, 1.82) is 0 Å². The van der Waals surface area contributed by atoms with Crippen LogP contribution in [0.2, 0.25) is 0 Å². The number of non-ortho nitro benzene ring substituents is 2. The largest absolute Gasteiger partial charge is 0.357 e. The number of rotatable bonds is 12. The van der Waals surface area contributed by atoms with Crippen molar-refractivity contribution < 1.29 is 27.9 Å². The molecule has 2 aromatic carbocycles. The summed E-state index contributed by atoms with van der Waals surface area (Å²) in [6.07, 6.45) is 3.07. The number of nitro benzene ring substituents is 2. The van der Waals surface area contributed by atoms with Crippen LogP contribution in [0.15, 0.2) is 78.0 Å². The van der Waals surface area contributed by atoms with Gasteiger partial charge in [0.25, 0.3) is 17.3 Å². The van der Waals surface area contributed by atoms with E-state index in [4.69, 9.17) is 0 Å². The Labute approximate surface area is 235 Å². The minimum absolute atomic E-state index is 0.0385. The summed E-state index contributed by atoms with van der Waals surface area (Å²) in [5.74, 6) is -1.21. The SMILES string of the molecule is CNC(=O)C(N(CCNS(=O)(=O)c1cccc([N+](=O)[O-])c1)C(=O)c1ccc([N+](=O)[O-])cc1)C(C)(C)c1ccncc1. The number of amides is 2. The Kier molecular flexibility index (Phi) is 9.47. The van der Waals surface area contributed by atoms with E-state index >= 15 is 0 Å². The Bertz CT molecular complexity index is 1550. The minimum Gasteiger partial charge on any atom is -0.357 e. The molecule has 1 unspecified atom stereocenters. The van der Waals surface area contributed by atoms with Gasteiger partial charge >= 0.3 is 0 Å². The van der Waals surface area contributed by atoms with Crippen LogP contribution >= 0.6 is 0 Å². The topological polar surface area (TPSA) is 195 Å². The van der Waals surface area contributed by atoms with Gasteiger partial charge in [-0.25, -0.2) is 13.1 Å². The van der Waals surface area contributed by atoms with Crippen molar-refractivity contribution in [2.24, 2.45) is 0 Å². The second-order valence-corrected chi connectivity index (χ2v) is 11.2. The summed E-state index contributed by atoms with van der Waals surface area (Å²) in [6.45, 7) is 2.83. The molecule has 216 valence electrons. The van der Waals surface area contributed by atoms with Crippen LogP contribution in [0.3, 0.4) is 0 Å². The summed E-state index contributed by atoms with van der Waals surface area (Å²) in [4.78, 5) is 52.8. The fourth-order valence-electron chi connectivity index (χ4n) is 4.32. The number of sulfonamides is 1. The number of nitrogens with zero attached hydrogens (tertiary/aromatic N) is 4. The van der Waals surface area contributed by atoms with Gasteiger partial charge < -0.3 is 10.2 Å². The molecule has 3 aromatic rings. The maximum atomic E-state index is 13.8. The molecule has 41 heavy (non-hydrogen) atoms. The summed E-state index contributed by atoms with van der Waals surface area (Å²) < 4.78 is 28.2. The number of pyridine rings is 1. The van der Waals surface area contributed by atoms with Crippen LogP contribution < -0.4 is 10.0 Å². The van der Waals surface area contributed by atoms with Crippen LogP contribution in [-0.2, 0) is 20.2 Å². The van der Waals surface area contributed by atoms with Crippen molar-refractivity contribution in [2.45, 2.75) is 30.2 Å². The molecule has 3 rings (SSSR count). The lowest BCUT2D eigenvalue weighted by Gasteiger charge is -2.41. The number of aromatic nitrogens is 1. The average Bonchev–Trinajstić information content (AvgIpc) is 2.96. The van der Waals surface area contributed by atoms with E-state index in [0.29, 0.717) is 5.56 Å². The van der Waals surface area contributed by atoms with Crippen LogP contribution in [0.5, 0.6) is 0 Å². The Morgan fingerprint density at radius 3 is 2.15 bits per heavy atom. The van der Waals surface area contributed by atoms with Crippen LogP contribution in [0.1, 0.15) is 29.8 Å². The van der Waals surface area contributed by atoms with Crippen molar-refractivity contribution in [3.63, 3.8) is 0 Å². The van der Waals surface area contributed by atoms with Crippen molar-refractivity contribution in [2.75, 3.05) is 20.1 Å². The van der Waals surface area contributed by atoms with Crippen molar-refractivity contribution in [3.05, 3.63) is 104 Å². The summed E-state index contributed by atoms with van der Waals surface area (Å²) >= 11 is 0. The fourth-order valence-corrected chi connectivity index (χ4v) is 5.38. The summed E-state index contributed by atoms with van der Waals surface area (Å²) in [5.41, 5.74) is -0.964. The van der Waals surface area contributed by atoms with Gasteiger partial charge in [-0.3, -0.25) is 34.8 Å². The van der Waals surface area contributed by atoms with Crippen molar-refractivity contribution in [1.82, 2.24) is 19.9 Å². The lowest BCUT2D eigenvalue weighted by Crippen LogP contribution is -2.59. The number of benzene rings is 2. The lowest BCUT2D eigenvalue weighted by molar-refractivity contribution is -0.385. The molecular weight excluding hydrogens is 556 g/mol. The molecule has 0 aliphatic rings. The third-order valence-electron chi connectivity index (χ3n) is 6.48. The van der Waals surface area contributed by atoms with Crippen LogP contribution in [0.25, 0.3) is 0 Å². The summed E-state index contributed by atoms with van der Waals surface area (Å²) in [6, 6.07) is 11.5. The molecule has 1 heterocycles. The van der Waals surface area contributed by atoms with E-state index in [1.165, 1.54) is 48.6 Å². The Balaban J connectivity index is 2.00. The van der Waals surface area contributed by atoms with Gasteiger partial charge in [-0.1, -0.05) is 19.9 Å². The monoisotopic (exact) mass is 584 g/mol. The molecule has 0 fully saturated rings. The number of carbonyl (C=O) groups excluding carboxylic acids is 2. The highest BCUT2D eigenvalue weighted by atomic mass is 32.2. The van der Waals surface area contributed by atoms with Gasteiger partial charge in [0, 0.05) is 67.8 Å². The molecular formula is C26H28N6O8S. The second kappa shape index (κ2) is 12.6. The number of likely N-dealkylation sites (N-methyl/N-ethyl adjacent to an activating group) is 1. The fraction of sp³-hybridized carbons (Fsp3) is 0.269. The molecule has 0 saturated carbocycles. The van der Waals surface area contributed by atoms with E-state index in [9.17, 15) is 38.2 Å². The van der Waals surface area contributed by atoms with E-state index in [0.717, 1.165) is 24.3 Å². The Hall–Kier alpha value is -4.76. The molecule has 2 amide bonds. The van der Waals surface area contributed by atoms with Crippen molar-refractivity contribution in [3.8, 4) is 0 Å². The van der Waals surface area contributed by atoms with Gasteiger partial charge in [0.05, 0.1) is 14.7 Å². The van der Waals surface area contributed by atoms with Crippen LogP contribution in [-0.4, -0.2) is 66.1 Å². The highest BCUT2D eigenvalue weighted by Gasteiger charge is 2.43. The first-order valence-corrected chi connectivity index (χ1v) is 13.7. The number of nitro groups is 2. The summed E-state index contributed by atoms with van der Waals surface area (Å²) in [7, 11) is -2.83. The van der Waals surface area contributed by atoms with Crippen LogP contribution in [0.4, 0.5) is 11.4 Å². The molecule has 0 aliphatic carbocycles. The third kappa shape index (κ3) is 7.06. The van der Waals surface area contributed by atoms with E-state index < -0.39 is 48.8 Å². The zero-order chi connectivity index (χ0) is 30.4. The van der Waals surface area contributed by atoms with Gasteiger partial charge in [0.2, 0.25) is 15.9 Å². The van der Waals surface area contributed by atoms with Gasteiger partial charge in [0.15, 0.2) is 0 Å². The molecule has 0 bridgehead atoms. The predicted octanol–water partition coefficient (Wildman–Crippen LogP) is 2.41. The average molecular weight is 585 g/mol. The second-order valence-electron chi connectivity index (χ2n) is 9.43. The first-order valence-electron chi connectivity index (χ1n) is 12.2. The van der Waals surface area contributed by atoms with Crippen molar-refractivity contribution >= 4 is 33.2 Å². The van der Waals surface area contributed by atoms with E-state index in [-0.39, 0.29) is 29.2 Å². The molecule has 0 spiro atoms. The number of hydrogen-bond acceptors (Lipinski definition) is 9. The molecule has 0 saturated heterocycles.